The van der Waals surface area contributed by atoms with Crippen molar-refractivity contribution in [1.29, 1.82) is 0 Å². The van der Waals surface area contributed by atoms with Crippen molar-refractivity contribution < 1.29 is 9.72 Å². The third-order valence-corrected chi connectivity index (χ3v) is 5.95. The molecule has 0 saturated carbocycles. The molecule has 0 aliphatic rings. The van der Waals surface area contributed by atoms with Crippen LogP contribution in [0.2, 0.25) is 0 Å². The fraction of sp³-hybridized carbons (Fsp3) is 0.143. The summed E-state index contributed by atoms with van der Waals surface area (Å²) in [7, 11) is 0. The summed E-state index contributed by atoms with van der Waals surface area (Å²) in [6, 6.07) is 9.72. The lowest BCUT2D eigenvalue weighted by Crippen LogP contribution is -2.21. The Labute approximate surface area is 185 Å². The van der Waals surface area contributed by atoms with Crippen molar-refractivity contribution in [2.75, 3.05) is 5.32 Å². The van der Waals surface area contributed by atoms with Crippen LogP contribution in [0.15, 0.2) is 46.6 Å². The molecule has 32 heavy (non-hydrogen) atoms. The Morgan fingerprint density at radius 2 is 1.97 bits per heavy atom. The molecule has 0 spiro atoms. The molecule has 0 radical (unpaired) electrons. The summed E-state index contributed by atoms with van der Waals surface area (Å²) in [5, 5.41) is 20.4. The number of hydrogen-bond donors (Lipinski definition) is 2. The van der Waals surface area contributed by atoms with Gasteiger partial charge in [-0.15, -0.1) is 11.3 Å². The molecule has 3 aromatic heterocycles. The van der Waals surface area contributed by atoms with E-state index in [4.69, 9.17) is 0 Å². The van der Waals surface area contributed by atoms with Gasteiger partial charge in [0.15, 0.2) is 0 Å². The maximum Gasteiger partial charge on any atom is 0.273 e. The zero-order valence-electron chi connectivity index (χ0n) is 17.4. The highest BCUT2D eigenvalue weighted by Crippen LogP contribution is 2.28. The largest absolute Gasteiger partial charge is 0.306 e. The van der Waals surface area contributed by atoms with Gasteiger partial charge in [-0.3, -0.25) is 24.7 Å². The van der Waals surface area contributed by atoms with Crippen molar-refractivity contribution in [2.45, 2.75) is 20.8 Å². The first-order chi connectivity index (χ1) is 15.3. The van der Waals surface area contributed by atoms with Gasteiger partial charge < -0.3 is 5.32 Å². The van der Waals surface area contributed by atoms with Gasteiger partial charge in [0.2, 0.25) is 5.95 Å². The number of H-pyrrole nitrogens is 1. The van der Waals surface area contributed by atoms with E-state index < -0.39 is 10.8 Å². The zero-order valence-corrected chi connectivity index (χ0v) is 18.2. The first-order valence-corrected chi connectivity index (χ1v) is 10.4. The lowest BCUT2D eigenvalue weighted by molar-refractivity contribution is -0.385. The molecule has 0 fully saturated rings. The van der Waals surface area contributed by atoms with Crippen LogP contribution in [-0.4, -0.2) is 30.6 Å². The van der Waals surface area contributed by atoms with Crippen LogP contribution in [0.5, 0.6) is 0 Å². The number of nitro benzene ring substituents is 1. The molecule has 0 saturated heterocycles. The Bertz CT molecular complexity index is 1400. The molecular weight excluding hydrogens is 432 g/mol. The number of aromatic nitrogens is 4. The Hall–Kier alpha value is -4.12. The van der Waals surface area contributed by atoms with Gasteiger partial charge in [0, 0.05) is 34.5 Å². The number of rotatable bonds is 5. The van der Waals surface area contributed by atoms with E-state index in [0.29, 0.717) is 17.0 Å². The van der Waals surface area contributed by atoms with Gasteiger partial charge in [-0.1, -0.05) is 12.1 Å². The van der Waals surface area contributed by atoms with Gasteiger partial charge in [0.1, 0.15) is 11.5 Å². The van der Waals surface area contributed by atoms with E-state index in [0.717, 1.165) is 4.88 Å². The normalized spacial score (nSPS) is 10.8. The number of nitro groups is 1. The summed E-state index contributed by atoms with van der Waals surface area (Å²) < 4.78 is 1.34. The average molecular weight is 450 g/mol. The quantitative estimate of drug-likeness (QED) is 0.351. The molecule has 4 aromatic rings. The van der Waals surface area contributed by atoms with Gasteiger partial charge in [0.25, 0.3) is 17.2 Å². The van der Waals surface area contributed by atoms with Crippen LogP contribution in [0.25, 0.3) is 16.5 Å². The molecule has 3 heterocycles. The van der Waals surface area contributed by atoms with E-state index in [2.05, 4.69) is 20.4 Å². The minimum absolute atomic E-state index is 0.145. The Morgan fingerprint density at radius 1 is 1.19 bits per heavy atom. The smallest absolute Gasteiger partial charge is 0.273 e. The second-order valence-corrected chi connectivity index (χ2v) is 8.01. The molecule has 0 unspecified atom stereocenters. The second-order valence-electron chi connectivity index (χ2n) is 7.06. The number of nitrogens with one attached hydrogen (secondary N) is 2. The predicted octanol–water partition coefficient (Wildman–Crippen LogP) is 3.77. The molecule has 11 heteroatoms. The van der Waals surface area contributed by atoms with Crippen molar-refractivity contribution in [2.24, 2.45) is 0 Å². The first kappa shape index (κ1) is 21.1. The summed E-state index contributed by atoms with van der Waals surface area (Å²) in [5.74, 6) is -0.140. The third-order valence-electron chi connectivity index (χ3n) is 5.05. The number of anilines is 1. The molecule has 0 atom stereocenters. The number of nitrogens with zero attached hydrogens (tertiary/aromatic N) is 4. The van der Waals surface area contributed by atoms with Crippen LogP contribution in [0.3, 0.4) is 0 Å². The van der Waals surface area contributed by atoms with E-state index in [-0.39, 0.29) is 34.1 Å². The van der Waals surface area contributed by atoms with Crippen LogP contribution in [0.1, 0.15) is 27.2 Å². The summed E-state index contributed by atoms with van der Waals surface area (Å²) in [6.07, 6.45) is 0. The van der Waals surface area contributed by atoms with Crippen molar-refractivity contribution in [3.05, 3.63) is 84.6 Å². The molecular formula is C21H18N6O4S. The van der Waals surface area contributed by atoms with Crippen LogP contribution in [0.4, 0.5) is 11.5 Å². The van der Waals surface area contributed by atoms with Gasteiger partial charge >= 0.3 is 0 Å². The molecule has 10 nitrogen and oxygen atoms in total. The number of amides is 1. The topological polar surface area (TPSA) is 136 Å². The summed E-state index contributed by atoms with van der Waals surface area (Å²) in [5.41, 5.74) is 1.54. The molecule has 1 aromatic carbocycles. The lowest BCUT2D eigenvalue weighted by Gasteiger charge is -2.10. The SMILES string of the molecule is Cc1nc(-n2nc(-c3cccs3)cc2NC(=O)c2cccc([N+](=O)[O-])c2C)[nH]c(=O)c1C. The average Bonchev–Trinajstić information content (AvgIpc) is 3.41. The number of thiophene rings is 1. The Morgan fingerprint density at radius 3 is 2.62 bits per heavy atom. The summed E-state index contributed by atoms with van der Waals surface area (Å²) in [6.45, 7) is 4.89. The Kier molecular flexibility index (Phi) is 5.41. The van der Waals surface area contributed by atoms with Gasteiger partial charge in [-0.05, 0) is 38.3 Å². The molecule has 0 aliphatic heterocycles. The fourth-order valence-corrected chi connectivity index (χ4v) is 3.84. The maximum atomic E-state index is 13.0. The molecule has 0 bridgehead atoms. The van der Waals surface area contributed by atoms with E-state index >= 15 is 0 Å². The highest BCUT2D eigenvalue weighted by Gasteiger charge is 2.21. The van der Waals surface area contributed by atoms with E-state index in [1.54, 1.807) is 19.9 Å². The number of aryl methyl sites for hydroxylation is 1. The Balaban J connectivity index is 1.80. The molecule has 4 rings (SSSR count). The minimum Gasteiger partial charge on any atom is -0.306 e. The highest BCUT2D eigenvalue weighted by atomic mass is 32.1. The standard InChI is InChI=1S/C21H18N6O4S/c1-11-13(3)22-21(24-19(11)28)26-18(10-15(25-26)17-8-5-9-32-17)23-20(29)14-6-4-7-16(12(14)2)27(30)31/h4-10H,1-3H3,(H,23,29)(H,22,24,28). The third kappa shape index (κ3) is 3.81. The molecule has 0 aliphatic carbocycles. The number of hydrogen-bond acceptors (Lipinski definition) is 7. The molecule has 1 amide bonds. The van der Waals surface area contributed by atoms with Crippen molar-refractivity contribution >= 4 is 28.7 Å². The number of benzene rings is 1. The number of aromatic amines is 1. The van der Waals surface area contributed by atoms with E-state index in [9.17, 15) is 19.7 Å². The van der Waals surface area contributed by atoms with Gasteiger partial charge in [-0.2, -0.15) is 9.78 Å². The molecule has 2 N–H and O–H groups in total. The maximum absolute atomic E-state index is 13.0. The predicted molar refractivity (Wildman–Crippen MR) is 121 cm³/mol. The van der Waals surface area contributed by atoms with Gasteiger partial charge in [0.05, 0.1) is 9.80 Å². The first-order valence-electron chi connectivity index (χ1n) is 9.53. The highest BCUT2D eigenvalue weighted by molar-refractivity contribution is 7.13. The number of carbonyl (C=O) groups excluding carboxylic acids is 1. The lowest BCUT2D eigenvalue weighted by atomic mass is 10.1. The van der Waals surface area contributed by atoms with Crippen molar-refractivity contribution in [1.82, 2.24) is 19.7 Å². The van der Waals surface area contributed by atoms with Crippen LogP contribution < -0.4 is 10.9 Å². The van der Waals surface area contributed by atoms with Crippen LogP contribution in [0, 0.1) is 30.9 Å². The fourth-order valence-electron chi connectivity index (χ4n) is 3.16. The van der Waals surface area contributed by atoms with Crippen molar-refractivity contribution in [3.63, 3.8) is 0 Å². The summed E-state index contributed by atoms with van der Waals surface area (Å²) >= 11 is 1.47. The summed E-state index contributed by atoms with van der Waals surface area (Å²) in [4.78, 5) is 43.9. The minimum atomic E-state index is -0.545. The van der Waals surface area contributed by atoms with E-state index in [1.165, 1.54) is 41.1 Å². The van der Waals surface area contributed by atoms with Crippen LogP contribution >= 0.6 is 11.3 Å². The monoisotopic (exact) mass is 450 g/mol. The second kappa shape index (κ2) is 8.19. The van der Waals surface area contributed by atoms with Gasteiger partial charge in [-0.25, -0.2) is 4.98 Å². The van der Waals surface area contributed by atoms with Crippen LogP contribution in [-0.2, 0) is 0 Å². The van der Waals surface area contributed by atoms with E-state index in [1.807, 2.05) is 17.5 Å². The van der Waals surface area contributed by atoms with Crippen molar-refractivity contribution in [3.8, 4) is 16.5 Å². The number of carbonyl (C=O) groups is 1. The molecule has 162 valence electrons. The zero-order chi connectivity index (χ0) is 23.0.